The summed E-state index contributed by atoms with van der Waals surface area (Å²) in [7, 11) is 0.677. The van der Waals surface area contributed by atoms with Crippen LogP contribution in [-0.4, -0.2) is 59.6 Å². The van der Waals surface area contributed by atoms with Crippen molar-refractivity contribution in [2.45, 2.75) is 79.0 Å². The zero-order valence-corrected chi connectivity index (χ0v) is 31.2. The molecule has 2 aromatic carbocycles. The topological polar surface area (TPSA) is 99.5 Å². The number of anilines is 2. The Bertz CT molecular complexity index is 1810. The summed E-state index contributed by atoms with van der Waals surface area (Å²) in [4.78, 5) is 18.0. The Hall–Kier alpha value is -4.06. The average Bonchev–Trinajstić information content (AvgIpc) is 3.45. The highest BCUT2D eigenvalue weighted by Gasteiger charge is 2.29. The summed E-state index contributed by atoms with van der Waals surface area (Å²) in [6.07, 6.45) is 7.23. The molecule has 1 saturated heterocycles. The number of hydrogen-bond donors (Lipinski definition) is 2. The number of para-hydroxylation sites is 1. The third-order valence-corrected chi connectivity index (χ3v) is 9.14. The van der Waals surface area contributed by atoms with Gasteiger partial charge < -0.3 is 24.2 Å². The third-order valence-electron chi connectivity index (χ3n) is 8.24. The minimum atomic E-state index is -0.308. The van der Waals surface area contributed by atoms with Crippen LogP contribution in [0.15, 0.2) is 54.6 Å². The number of nitrogens with zero attached hydrogens (tertiary/aromatic N) is 3. The Labute approximate surface area is 295 Å². The molecule has 4 radical (unpaired) electrons. The molecule has 9 nitrogen and oxygen atoms in total. The zero-order valence-electron chi connectivity index (χ0n) is 29.2. The quantitative estimate of drug-likeness (QED) is 0.0851. The summed E-state index contributed by atoms with van der Waals surface area (Å²) in [5, 5.41) is 12.5. The molecular formula is C38H45N5O4Si2. The van der Waals surface area contributed by atoms with Crippen molar-refractivity contribution in [2.75, 3.05) is 18.5 Å². The second-order valence-electron chi connectivity index (χ2n) is 12.8. The molecule has 0 spiro atoms. The second kappa shape index (κ2) is 17.0. The maximum Gasteiger partial charge on any atom is 0.254 e. The van der Waals surface area contributed by atoms with E-state index in [4.69, 9.17) is 18.7 Å². The molecule has 1 amide bonds. The first kappa shape index (κ1) is 36.2. The summed E-state index contributed by atoms with van der Waals surface area (Å²) in [6, 6.07) is 17.8. The Morgan fingerprint density at radius 1 is 1.08 bits per heavy atom. The van der Waals surface area contributed by atoms with Gasteiger partial charge in [0.05, 0.1) is 34.7 Å². The van der Waals surface area contributed by atoms with Crippen molar-refractivity contribution in [3.63, 3.8) is 0 Å². The summed E-state index contributed by atoms with van der Waals surface area (Å²) in [6.45, 7) is 13.2. The smallest absolute Gasteiger partial charge is 0.254 e. The minimum absolute atomic E-state index is 0.136. The molecule has 1 atom stereocenters. The van der Waals surface area contributed by atoms with Gasteiger partial charge in [0.1, 0.15) is 6.29 Å². The van der Waals surface area contributed by atoms with Gasteiger partial charge in [-0.25, -0.2) is 4.68 Å². The highest BCUT2D eigenvalue weighted by molar-refractivity contribution is 6.26. The normalized spacial score (nSPS) is 15.0. The van der Waals surface area contributed by atoms with Crippen LogP contribution >= 0.6 is 0 Å². The van der Waals surface area contributed by atoms with E-state index in [9.17, 15) is 4.79 Å². The second-order valence-corrected chi connectivity index (χ2v) is 14.1. The molecule has 0 bridgehead atoms. The molecule has 4 aromatic rings. The maximum absolute atomic E-state index is 13.3. The van der Waals surface area contributed by atoms with E-state index in [1.54, 1.807) is 0 Å². The fraction of sp³-hybridized carbons (Fsp3) is 0.395. The number of nitrogens with one attached hydrogen (secondary N) is 2. The van der Waals surface area contributed by atoms with Gasteiger partial charge in [0.15, 0.2) is 6.23 Å². The van der Waals surface area contributed by atoms with Crippen LogP contribution < -0.4 is 10.6 Å². The molecular weight excluding hydrogens is 647 g/mol. The van der Waals surface area contributed by atoms with Crippen molar-refractivity contribution in [1.29, 1.82) is 0 Å². The lowest BCUT2D eigenvalue weighted by Gasteiger charge is -2.32. The van der Waals surface area contributed by atoms with Gasteiger partial charge in [0, 0.05) is 35.2 Å². The third kappa shape index (κ3) is 9.56. The van der Waals surface area contributed by atoms with E-state index in [0.29, 0.717) is 43.8 Å². The van der Waals surface area contributed by atoms with Crippen LogP contribution in [-0.2, 0) is 13.6 Å². The monoisotopic (exact) mass is 691 g/mol. The van der Waals surface area contributed by atoms with Crippen molar-refractivity contribution < 1.29 is 18.4 Å². The lowest BCUT2D eigenvalue weighted by molar-refractivity contribution is -0.0763. The summed E-state index contributed by atoms with van der Waals surface area (Å²) in [5.41, 5.74) is 6.68. The molecule has 2 aromatic heterocycles. The average molecular weight is 692 g/mol. The number of aryl methyl sites for hydroxylation is 2. The van der Waals surface area contributed by atoms with Crippen LogP contribution in [0.1, 0.15) is 78.8 Å². The number of amides is 1. The van der Waals surface area contributed by atoms with E-state index in [0.717, 1.165) is 52.9 Å². The Morgan fingerprint density at radius 2 is 1.88 bits per heavy atom. The number of fused-ring (bicyclic) bond motifs is 1. The first-order chi connectivity index (χ1) is 23.7. The molecule has 1 aliphatic rings. The standard InChI is InChI=1S/C38H45N5O4Si2/c1-26-23-27(2)40-28(24-26)17-19-33-30-18-16-29(25-34(30)43(42-33)35-15-9-12-22-45-35)41-32-14-8-7-13-31(32)36(44)39-21-11-10-20-38(3,4)37(46-48-5)47-49-6/h7-8,13-14,16-19,23-25,35,37,41H,9,12,15,20-22H2,1-6H3,(H,39,44). The molecule has 49 heavy (non-hydrogen) atoms. The van der Waals surface area contributed by atoms with Crippen LogP contribution in [0.5, 0.6) is 0 Å². The Balaban J connectivity index is 1.33. The molecule has 2 N–H and O–H groups in total. The molecule has 1 unspecified atom stereocenters. The number of aromatic nitrogens is 3. The number of pyridine rings is 1. The molecule has 1 fully saturated rings. The zero-order chi connectivity index (χ0) is 34.8. The number of benzene rings is 2. The van der Waals surface area contributed by atoms with Crippen LogP contribution in [0.25, 0.3) is 23.1 Å². The predicted molar refractivity (Wildman–Crippen MR) is 199 cm³/mol. The molecule has 0 saturated carbocycles. The van der Waals surface area contributed by atoms with E-state index in [1.807, 2.05) is 67.2 Å². The minimum Gasteiger partial charge on any atom is -0.394 e. The molecule has 0 aliphatic carbocycles. The molecule has 11 heteroatoms. The molecule has 254 valence electrons. The van der Waals surface area contributed by atoms with E-state index in [2.05, 4.69) is 72.5 Å². The van der Waals surface area contributed by atoms with Crippen LogP contribution in [0, 0.1) is 31.1 Å². The van der Waals surface area contributed by atoms with E-state index >= 15 is 0 Å². The van der Waals surface area contributed by atoms with Crippen LogP contribution in [0.3, 0.4) is 0 Å². The summed E-state index contributed by atoms with van der Waals surface area (Å²) < 4.78 is 19.8. The largest absolute Gasteiger partial charge is 0.394 e. The molecule has 5 rings (SSSR count). The van der Waals surface area contributed by atoms with Crippen molar-refractivity contribution in [2.24, 2.45) is 5.41 Å². The van der Waals surface area contributed by atoms with Crippen molar-refractivity contribution in [3.05, 3.63) is 82.8 Å². The first-order valence-electron chi connectivity index (χ1n) is 16.7. The SMILES string of the molecule is C[Si]OC(O[Si]C)C(C)(C)CC#CCNC(=O)c1ccccc1Nc1ccc2c(C=Cc3cc(C)cc(C)n3)nn(C3CCCCO3)c2c1. The van der Waals surface area contributed by atoms with Crippen molar-refractivity contribution in [1.82, 2.24) is 20.1 Å². The van der Waals surface area contributed by atoms with Crippen molar-refractivity contribution >= 4 is 59.9 Å². The lowest BCUT2D eigenvalue weighted by atomic mass is 9.89. The molecule has 3 heterocycles. The van der Waals surface area contributed by atoms with E-state index < -0.39 is 0 Å². The van der Waals surface area contributed by atoms with Crippen LogP contribution in [0.2, 0.25) is 13.1 Å². The van der Waals surface area contributed by atoms with Gasteiger partial charge in [0.2, 0.25) is 19.5 Å². The van der Waals surface area contributed by atoms with Gasteiger partial charge in [-0.3, -0.25) is 9.78 Å². The summed E-state index contributed by atoms with van der Waals surface area (Å²) in [5.74, 6) is 6.09. The highest BCUT2D eigenvalue weighted by atomic mass is 28.2. The fourth-order valence-electron chi connectivity index (χ4n) is 5.78. The van der Waals surface area contributed by atoms with Crippen LogP contribution in [0.4, 0.5) is 11.4 Å². The summed E-state index contributed by atoms with van der Waals surface area (Å²) >= 11 is 0. The predicted octanol–water partition coefficient (Wildman–Crippen LogP) is 7.50. The van der Waals surface area contributed by atoms with Crippen molar-refractivity contribution in [3.8, 4) is 11.8 Å². The fourth-order valence-corrected chi connectivity index (χ4v) is 7.04. The number of ether oxygens (including phenoxy) is 1. The number of rotatable bonds is 13. The van der Waals surface area contributed by atoms with Gasteiger partial charge in [-0.15, -0.1) is 5.92 Å². The number of carbonyl (C=O) groups is 1. The Morgan fingerprint density at radius 3 is 2.61 bits per heavy atom. The van der Waals surface area contributed by atoms with Gasteiger partial charge in [-0.1, -0.05) is 31.9 Å². The Kier molecular flexibility index (Phi) is 12.6. The first-order valence-corrected chi connectivity index (χ1v) is 19.5. The van der Waals surface area contributed by atoms with E-state index in [1.165, 1.54) is 5.56 Å². The molecule has 1 aliphatic heterocycles. The number of carbonyl (C=O) groups excluding carboxylic acids is 1. The highest BCUT2D eigenvalue weighted by Crippen LogP contribution is 2.32. The van der Waals surface area contributed by atoms with Gasteiger partial charge in [-0.05, 0) is 106 Å². The lowest BCUT2D eigenvalue weighted by Crippen LogP contribution is -2.35. The number of hydrogen-bond acceptors (Lipinski definition) is 7. The van der Waals surface area contributed by atoms with E-state index in [-0.39, 0.29) is 30.4 Å². The van der Waals surface area contributed by atoms with Gasteiger partial charge in [-0.2, -0.15) is 5.10 Å². The van der Waals surface area contributed by atoms with Gasteiger partial charge >= 0.3 is 0 Å². The maximum atomic E-state index is 13.3. The van der Waals surface area contributed by atoms with Gasteiger partial charge in [0.25, 0.3) is 5.91 Å².